The van der Waals surface area contributed by atoms with Crippen LogP contribution in [-0.4, -0.2) is 13.7 Å². The second-order valence-corrected chi connectivity index (χ2v) is 3.02. The average Bonchev–Trinajstić information content (AvgIpc) is 1.98. The molecule has 0 heterocycles. The normalized spacial score (nSPS) is 8.29. The van der Waals surface area contributed by atoms with E-state index in [0.29, 0.717) is 6.61 Å². The molecule has 0 rings (SSSR count). The minimum absolute atomic E-state index is 0. The van der Waals surface area contributed by atoms with Crippen molar-refractivity contribution in [2.24, 2.45) is 0 Å². The van der Waals surface area contributed by atoms with Gasteiger partial charge >= 0.3 is 126 Å². The molecule has 0 N–H and O–H groups in total. The minimum Gasteiger partial charge on any atom is -1.00 e. The van der Waals surface area contributed by atoms with Gasteiger partial charge in [-0.3, -0.25) is 0 Å². The van der Waals surface area contributed by atoms with Crippen LogP contribution in [0, 0.1) is 0 Å². The van der Waals surface area contributed by atoms with Crippen LogP contribution < -0.4 is 118 Å². The Morgan fingerprint density at radius 2 is 1.64 bits per heavy atom. The summed E-state index contributed by atoms with van der Waals surface area (Å²) in [7, 11) is -0.471. The molecule has 0 bridgehead atoms. The van der Waals surface area contributed by atoms with Gasteiger partial charge in [-0.2, -0.15) is 0 Å². The summed E-state index contributed by atoms with van der Waals surface area (Å²) in [6.45, 7) is 2.65. The number of rotatable bonds is 6. The Kier molecular flexibility index (Phi) is 56.7. The van der Waals surface area contributed by atoms with Crippen LogP contribution in [0.3, 0.4) is 0 Å². The van der Waals surface area contributed by atoms with E-state index in [4.69, 9.17) is 4.52 Å². The third-order valence-corrected chi connectivity index (χ3v) is 1.79. The molecule has 0 aliphatic rings. The Morgan fingerprint density at radius 3 is 2.00 bits per heavy atom. The van der Waals surface area contributed by atoms with Gasteiger partial charge in [0.15, 0.2) is 0 Å². The van der Waals surface area contributed by atoms with Crippen LogP contribution in [-0.2, 0) is 13.6 Å². The minimum atomic E-state index is -1.84. The van der Waals surface area contributed by atoms with Crippen LogP contribution in [0.1, 0.15) is 31.9 Å². The number of hydrogen-bond acceptors (Lipinski definition) is 3. The second-order valence-electron chi connectivity index (χ2n) is 1.95. The molecule has 0 radical (unpaired) electrons. The number of unbranched alkanes of at least 4 members (excludes halogenated alkanes) is 2. The van der Waals surface area contributed by atoms with E-state index in [1.54, 1.807) is 0 Å². The van der Waals surface area contributed by atoms with E-state index in [9.17, 15) is 4.57 Å². The fourth-order valence-corrected chi connectivity index (χ4v) is 0.927. The topological polar surface area (TPSA) is 35.5 Å². The Morgan fingerprint density at radius 1 is 1.14 bits per heavy atom. The van der Waals surface area contributed by atoms with Gasteiger partial charge in [0.05, 0.1) is 7.11 Å². The van der Waals surface area contributed by atoms with Crippen molar-refractivity contribution in [3.8, 4) is 0 Å². The molecule has 3 nitrogen and oxygen atoms in total. The van der Waals surface area contributed by atoms with E-state index in [0.717, 1.165) is 19.3 Å². The van der Waals surface area contributed by atoms with E-state index >= 15 is 0 Å². The predicted octanol–water partition coefficient (Wildman–Crippen LogP) is -9.04. The molecule has 0 spiro atoms. The van der Waals surface area contributed by atoms with Crippen LogP contribution in [0.4, 0.5) is 0 Å². The monoisotopic (exact) mass is 261 g/mol. The average molecular weight is 261 g/mol. The van der Waals surface area contributed by atoms with Gasteiger partial charge in [0.2, 0.25) is 0 Å². The zero-order valence-electron chi connectivity index (χ0n) is 14.5. The van der Waals surface area contributed by atoms with Crippen molar-refractivity contribution in [1.29, 1.82) is 0 Å². The van der Waals surface area contributed by atoms with Gasteiger partial charge in [-0.1, -0.05) is 19.8 Å². The smallest absolute Gasteiger partial charge is 1.00 e. The maximum atomic E-state index is 10.5. The maximum Gasteiger partial charge on any atom is 1.00 e. The standard InChI is InChI=1S/C6H14O3P.4Na.4H/c1-3-4-5-6-9-10(7)8-2;;;;;;;;/h3-6H2,1-2H3;;;;;;;;/q5*+1;4*-1. The van der Waals surface area contributed by atoms with Crippen LogP contribution in [0.2, 0.25) is 0 Å². The van der Waals surface area contributed by atoms with Crippen molar-refractivity contribution in [3.05, 3.63) is 0 Å². The molecule has 0 aliphatic carbocycles. The molecule has 0 amide bonds. The van der Waals surface area contributed by atoms with Crippen molar-refractivity contribution < 1.29 is 138 Å². The molecule has 0 aromatic heterocycles. The Bertz CT molecular complexity index is 121. The van der Waals surface area contributed by atoms with E-state index in [2.05, 4.69) is 11.4 Å². The molecule has 68 valence electrons. The van der Waals surface area contributed by atoms with Crippen LogP contribution in [0.5, 0.6) is 0 Å². The number of hydrogen-bond donors (Lipinski definition) is 0. The van der Waals surface area contributed by atoms with Crippen molar-refractivity contribution in [3.63, 3.8) is 0 Å². The molecule has 0 aromatic carbocycles. The van der Waals surface area contributed by atoms with Gasteiger partial charge in [0.1, 0.15) is 6.61 Å². The van der Waals surface area contributed by atoms with Gasteiger partial charge in [-0.25, -0.2) is 0 Å². The molecule has 0 aliphatic heterocycles. The fourth-order valence-electron chi connectivity index (χ4n) is 0.544. The molecule has 8 heteroatoms. The van der Waals surface area contributed by atoms with E-state index in [1.165, 1.54) is 7.11 Å². The van der Waals surface area contributed by atoms with E-state index in [-0.39, 0.29) is 124 Å². The first-order valence-electron chi connectivity index (χ1n) is 3.45. The van der Waals surface area contributed by atoms with Gasteiger partial charge in [-0.05, 0) is 6.42 Å². The summed E-state index contributed by atoms with van der Waals surface area (Å²) < 4.78 is 19.7. The maximum absolute atomic E-state index is 10.5. The molecule has 0 fully saturated rings. The summed E-state index contributed by atoms with van der Waals surface area (Å²) in [5, 5.41) is 0. The summed E-state index contributed by atoms with van der Waals surface area (Å²) in [6.07, 6.45) is 3.22. The first kappa shape index (κ1) is 30.8. The zero-order valence-corrected chi connectivity index (χ0v) is 19.4. The van der Waals surface area contributed by atoms with Crippen LogP contribution in [0.25, 0.3) is 0 Å². The molecular weight excluding hydrogens is 243 g/mol. The van der Waals surface area contributed by atoms with Gasteiger partial charge in [-0.15, -0.1) is 9.05 Å². The Balaban J connectivity index is -0.0000000145. The fraction of sp³-hybridized carbons (Fsp3) is 1.00. The predicted molar refractivity (Wildman–Crippen MR) is 44.5 cm³/mol. The summed E-state index contributed by atoms with van der Waals surface area (Å²) in [5.74, 6) is 0. The first-order valence-corrected chi connectivity index (χ1v) is 4.55. The summed E-state index contributed by atoms with van der Waals surface area (Å²) in [5.41, 5.74) is 0. The van der Waals surface area contributed by atoms with Crippen molar-refractivity contribution in [1.82, 2.24) is 0 Å². The molecule has 0 aromatic rings. The summed E-state index contributed by atoms with van der Waals surface area (Å²) >= 11 is 0. The van der Waals surface area contributed by atoms with E-state index in [1.807, 2.05) is 0 Å². The largest absolute Gasteiger partial charge is 1.00 e. The van der Waals surface area contributed by atoms with Gasteiger partial charge in [0, 0.05) is 4.57 Å². The zero-order chi connectivity index (χ0) is 7.82. The van der Waals surface area contributed by atoms with E-state index < -0.39 is 8.25 Å². The Labute approximate surface area is 182 Å². The molecule has 14 heavy (non-hydrogen) atoms. The van der Waals surface area contributed by atoms with Gasteiger partial charge in [0.25, 0.3) is 0 Å². The molecule has 0 saturated carbocycles. The van der Waals surface area contributed by atoms with Crippen LogP contribution in [0.15, 0.2) is 0 Å². The first-order chi connectivity index (χ1) is 4.81. The Hall–Kier alpha value is 4.02. The summed E-state index contributed by atoms with van der Waals surface area (Å²) in [6, 6.07) is 0. The van der Waals surface area contributed by atoms with Crippen molar-refractivity contribution >= 4 is 8.25 Å². The molecule has 1 atom stereocenters. The third-order valence-electron chi connectivity index (χ3n) is 1.09. The van der Waals surface area contributed by atoms with Crippen molar-refractivity contribution in [2.45, 2.75) is 26.2 Å². The molecule has 0 saturated heterocycles. The molecular formula is C6H18Na4O3P+. The summed E-state index contributed by atoms with van der Waals surface area (Å²) in [4.78, 5) is 0. The van der Waals surface area contributed by atoms with Crippen LogP contribution >= 0.6 is 8.25 Å². The molecule has 1 unspecified atom stereocenters. The quantitative estimate of drug-likeness (QED) is 0.271. The SMILES string of the molecule is CCCCCO[P+](=O)OC.[H-].[H-].[H-].[H-].[Na+].[Na+].[Na+].[Na+]. The van der Waals surface area contributed by atoms with Gasteiger partial charge < -0.3 is 5.71 Å². The second kappa shape index (κ2) is 25.8. The van der Waals surface area contributed by atoms with Crippen molar-refractivity contribution in [2.75, 3.05) is 13.7 Å². The third kappa shape index (κ3) is 25.0.